The SMILES string of the molecule is Cc1ccccc1Cn1cccc1C[NH+](C[C@@H](O)C(C)C)C1CCCCC1. The lowest BCUT2D eigenvalue weighted by Gasteiger charge is -2.33. The molecule has 2 aromatic rings. The van der Waals surface area contributed by atoms with Crippen molar-refractivity contribution in [3.05, 3.63) is 59.4 Å². The van der Waals surface area contributed by atoms with Crippen LogP contribution in [0, 0.1) is 12.8 Å². The Morgan fingerprint density at radius 3 is 2.52 bits per heavy atom. The Labute approximate surface area is 165 Å². The third-order valence-corrected chi connectivity index (χ3v) is 6.36. The molecule has 0 aliphatic heterocycles. The molecule has 27 heavy (non-hydrogen) atoms. The van der Waals surface area contributed by atoms with Gasteiger partial charge in [0.15, 0.2) is 0 Å². The molecule has 2 N–H and O–H groups in total. The first-order valence-electron chi connectivity index (χ1n) is 10.8. The minimum Gasteiger partial charge on any atom is -0.387 e. The molecule has 2 atom stereocenters. The van der Waals surface area contributed by atoms with E-state index in [1.807, 2.05) is 0 Å². The third-order valence-electron chi connectivity index (χ3n) is 6.36. The van der Waals surface area contributed by atoms with Gasteiger partial charge in [-0.3, -0.25) is 0 Å². The molecular weight excluding hydrogens is 332 g/mol. The summed E-state index contributed by atoms with van der Waals surface area (Å²) < 4.78 is 2.40. The lowest BCUT2D eigenvalue weighted by molar-refractivity contribution is -0.943. The van der Waals surface area contributed by atoms with Gasteiger partial charge in [-0.1, -0.05) is 44.5 Å². The van der Waals surface area contributed by atoms with Crippen LogP contribution in [0.4, 0.5) is 0 Å². The van der Waals surface area contributed by atoms with E-state index in [2.05, 4.69) is 67.9 Å². The van der Waals surface area contributed by atoms with Gasteiger partial charge in [0.1, 0.15) is 19.2 Å². The van der Waals surface area contributed by atoms with Crippen LogP contribution >= 0.6 is 0 Å². The minimum atomic E-state index is -0.221. The number of nitrogens with one attached hydrogen (secondary N) is 1. The number of aliphatic hydroxyl groups is 1. The second kappa shape index (κ2) is 9.57. The number of benzene rings is 1. The zero-order chi connectivity index (χ0) is 19.2. The van der Waals surface area contributed by atoms with Crippen molar-refractivity contribution in [1.82, 2.24) is 4.57 Å². The molecule has 1 heterocycles. The number of hydrogen-bond acceptors (Lipinski definition) is 1. The molecule has 1 aromatic carbocycles. The highest BCUT2D eigenvalue weighted by molar-refractivity contribution is 5.26. The molecule has 0 spiro atoms. The van der Waals surface area contributed by atoms with Crippen LogP contribution < -0.4 is 4.90 Å². The van der Waals surface area contributed by atoms with E-state index in [1.54, 1.807) is 4.90 Å². The molecule has 3 heteroatoms. The summed E-state index contributed by atoms with van der Waals surface area (Å²) in [4.78, 5) is 1.57. The average molecular weight is 370 g/mol. The maximum Gasteiger partial charge on any atom is 0.118 e. The Morgan fingerprint density at radius 2 is 1.81 bits per heavy atom. The molecule has 0 bridgehead atoms. The first kappa shape index (κ1) is 20.2. The maximum absolute atomic E-state index is 10.6. The summed E-state index contributed by atoms with van der Waals surface area (Å²) in [6, 6.07) is 13.8. The van der Waals surface area contributed by atoms with Crippen molar-refractivity contribution in [2.75, 3.05) is 6.54 Å². The molecule has 1 aliphatic rings. The molecule has 3 rings (SSSR count). The van der Waals surface area contributed by atoms with E-state index in [1.165, 1.54) is 48.9 Å². The van der Waals surface area contributed by atoms with Gasteiger partial charge in [0, 0.05) is 12.7 Å². The van der Waals surface area contributed by atoms with Crippen LogP contribution in [0.1, 0.15) is 62.8 Å². The molecule has 1 fully saturated rings. The van der Waals surface area contributed by atoms with Crippen molar-refractivity contribution in [2.24, 2.45) is 5.92 Å². The van der Waals surface area contributed by atoms with Gasteiger partial charge in [-0.25, -0.2) is 0 Å². The van der Waals surface area contributed by atoms with Crippen LogP contribution in [-0.4, -0.2) is 28.4 Å². The Morgan fingerprint density at radius 1 is 1.07 bits per heavy atom. The molecule has 1 aromatic heterocycles. The summed E-state index contributed by atoms with van der Waals surface area (Å²) in [6.07, 6.45) is 8.66. The van der Waals surface area contributed by atoms with Crippen LogP contribution in [0.5, 0.6) is 0 Å². The van der Waals surface area contributed by atoms with Crippen molar-refractivity contribution >= 4 is 0 Å². The number of rotatable bonds is 8. The highest BCUT2D eigenvalue weighted by Gasteiger charge is 2.28. The summed E-state index contributed by atoms with van der Waals surface area (Å²) in [5, 5.41) is 10.6. The lowest BCUT2D eigenvalue weighted by Crippen LogP contribution is -3.15. The van der Waals surface area contributed by atoms with Crippen LogP contribution in [0.15, 0.2) is 42.6 Å². The average Bonchev–Trinajstić information content (AvgIpc) is 3.10. The van der Waals surface area contributed by atoms with Gasteiger partial charge < -0.3 is 14.6 Å². The Kier molecular flexibility index (Phi) is 7.14. The summed E-state index contributed by atoms with van der Waals surface area (Å²) in [7, 11) is 0. The fourth-order valence-corrected chi connectivity index (χ4v) is 4.37. The monoisotopic (exact) mass is 369 g/mol. The highest BCUT2D eigenvalue weighted by atomic mass is 16.3. The first-order valence-corrected chi connectivity index (χ1v) is 10.8. The van der Waals surface area contributed by atoms with Crippen molar-refractivity contribution in [1.29, 1.82) is 0 Å². The summed E-state index contributed by atoms with van der Waals surface area (Å²) in [5.74, 6) is 0.322. The lowest BCUT2D eigenvalue weighted by atomic mass is 9.93. The van der Waals surface area contributed by atoms with E-state index in [0.717, 1.165) is 19.6 Å². The Bertz CT molecular complexity index is 700. The maximum atomic E-state index is 10.6. The van der Waals surface area contributed by atoms with Crippen LogP contribution in [-0.2, 0) is 13.1 Å². The predicted octanol–water partition coefficient (Wildman–Crippen LogP) is 3.58. The minimum absolute atomic E-state index is 0.221. The molecular formula is C24H37N2O+. The topological polar surface area (TPSA) is 29.6 Å². The molecule has 0 radical (unpaired) electrons. The number of aliphatic hydroxyl groups excluding tert-OH is 1. The number of aryl methyl sites for hydroxylation is 1. The number of hydrogen-bond donors (Lipinski definition) is 2. The van der Waals surface area contributed by atoms with E-state index < -0.39 is 0 Å². The van der Waals surface area contributed by atoms with E-state index >= 15 is 0 Å². The summed E-state index contributed by atoms with van der Waals surface area (Å²) in [6.45, 7) is 9.25. The first-order chi connectivity index (χ1) is 13.0. The largest absolute Gasteiger partial charge is 0.387 e. The summed E-state index contributed by atoms with van der Waals surface area (Å²) >= 11 is 0. The van der Waals surface area contributed by atoms with Gasteiger partial charge in [0.05, 0.1) is 11.7 Å². The van der Waals surface area contributed by atoms with Crippen LogP contribution in [0.25, 0.3) is 0 Å². The zero-order valence-electron chi connectivity index (χ0n) is 17.3. The smallest absolute Gasteiger partial charge is 0.118 e. The molecule has 0 amide bonds. The standard InChI is InChI=1S/C24H36N2O/c1-19(2)24(27)18-26(22-12-5-4-6-13-22)17-23-14-9-15-25(23)16-21-11-8-7-10-20(21)3/h7-11,14-15,19,22,24,27H,4-6,12-13,16-18H2,1-3H3/p+1/t24-/m1/s1. The fraction of sp³-hybridized carbons (Fsp3) is 0.583. The van der Waals surface area contributed by atoms with Gasteiger partial charge in [-0.15, -0.1) is 0 Å². The van der Waals surface area contributed by atoms with Crippen molar-refractivity contribution < 1.29 is 10.0 Å². The second-order valence-electron chi connectivity index (χ2n) is 8.74. The third kappa shape index (κ3) is 5.46. The quantitative estimate of drug-likeness (QED) is 0.732. The Balaban J connectivity index is 1.75. The number of aromatic nitrogens is 1. The van der Waals surface area contributed by atoms with E-state index in [0.29, 0.717) is 12.0 Å². The van der Waals surface area contributed by atoms with Gasteiger partial charge in [-0.05, 0) is 61.8 Å². The molecule has 1 unspecified atom stereocenters. The van der Waals surface area contributed by atoms with Gasteiger partial charge in [0.25, 0.3) is 0 Å². The van der Waals surface area contributed by atoms with Crippen molar-refractivity contribution in [2.45, 2.75) is 78.1 Å². The van der Waals surface area contributed by atoms with Crippen molar-refractivity contribution in [3.63, 3.8) is 0 Å². The normalized spacial score (nSPS) is 18.0. The summed E-state index contributed by atoms with van der Waals surface area (Å²) in [5.41, 5.74) is 4.12. The Hall–Kier alpha value is -1.58. The molecule has 3 nitrogen and oxygen atoms in total. The second-order valence-corrected chi connectivity index (χ2v) is 8.74. The van der Waals surface area contributed by atoms with Gasteiger partial charge in [0.2, 0.25) is 0 Å². The molecule has 0 saturated heterocycles. The fourth-order valence-electron chi connectivity index (χ4n) is 4.37. The zero-order valence-corrected chi connectivity index (χ0v) is 17.3. The number of nitrogens with zero attached hydrogens (tertiary/aromatic N) is 1. The van der Waals surface area contributed by atoms with Crippen molar-refractivity contribution in [3.8, 4) is 0 Å². The predicted molar refractivity (Wildman–Crippen MR) is 112 cm³/mol. The molecule has 1 aliphatic carbocycles. The highest BCUT2D eigenvalue weighted by Crippen LogP contribution is 2.17. The number of quaternary nitrogens is 1. The molecule has 148 valence electrons. The van der Waals surface area contributed by atoms with Crippen LogP contribution in [0.2, 0.25) is 0 Å². The van der Waals surface area contributed by atoms with Gasteiger partial charge in [-0.2, -0.15) is 0 Å². The van der Waals surface area contributed by atoms with E-state index in [4.69, 9.17) is 0 Å². The van der Waals surface area contributed by atoms with E-state index in [9.17, 15) is 5.11 Å². The van der Waals surface area contributed by atoms with E-state index in [-0.39, 0.29) is 6.10 Å². The molecule has 1 saturated carbocycles. The van der Waals surface area contributed by atoms with Gasteiger partial charge >= 0.3 is 0 Å². The van der Waals surface area contributed by atoms with Crippen LogP contribution in [0.3, 0.4) is 0 Å².